The van der Waals surface area contributed by atoms with E-state index in [0.717, 1.165) is 26.8 Å². The Morgan fingerprint density at radius 2 is 2.21 bits per heavy atom. The zero-order valence-corrected chi connectivity index (χ0v) is 16.0. The molecule has 2 heterocycles. The lowest BCUT2D eigenvalue weighted by atomic mass is 10.2. The number of nitrogens with two attached hydrogens (primary N) is 1. The largest absolute Gasteiger partial charge is 0.455 e. The van der Waals surface area contributed by atoms with Crippen molar-refractivity contribution in [1.29, 1.82) is 0 Å². The third-order valence-electron chi connectivity index (χ3n) is 3.42. The third kappa shape index (κ3) is 3.14. The van der Waals surface area contributed by atoms with Gasteiger partial charge in [0.25, 0.3) is 5.91 Å². The molecule has 1 amide bonds. The molecule has 0 saturated carbocycles. The summed E-state index contributed by atoms with van der Waals surface area (Å²) in [6, 6.07) is 7.58. The van der Waals surface area contributed by atoms with Gasteiger partial charge >= 0.3 is 0 Å². The predicted octanol–water partition coefficient (Wildman–Crippen LogP) is 4.06. The standard InChI is InChI=1S/C15H13BrN4O2S2/c1-7(11-6-8-5-9(16)3-4-10(8)22-11)18-19-14(21)12-13(17)20(2)15(23)24-12/h3-6H,17H2,1-2H3,(H,19,21)/b18-7-. The molecule has 24 heavy (non-hydrogen) atoms. The summed E-state index contributed by atoms with van der Waals surface area (Å²) in [5, 5.41) is 5.04. The monoisotopic (exact) mass is 424 g/mol. The van der Waals surface area contributed by atoms with E-state index in [1.54, 1.807) is 18.5 Å². The Morgan fingerprint density at radius 3 is 2.88 bits per heavy atom. The van der Waals surface area contributed by atoms with Crippen LogP contribution in [-0.4, -0.2) is 16.2 Å². The number of nitrogens with zero attached hydrogens (tertiary/aromatic N) is 2. The molecule has 0 aliphatic carbocycles. The van der Waals surface area contributed by atoms with Gasteiger partial charge in [0.2, 0.25) is 0 Å². The van der Waals surface area contributed by atoms with Crippen LogP contribution in [0.3, 0.4) is 0 Å². The van der Waals surface area contributed by atoms with Crippen molar-refractivity contribution in [1.82, 2.24) is 9.99 Å². The van der Waals surface area contributed by atoms with Crippen molar-refractivity contribution >= 4 is 67.9 Å². The summed E-state index contributed by atoms with van der Waals surface area (Å²) in [6.45, 7) is 1.75. The number of nitrogen functional groups attached to an aromatic ring is 1. The molecule has 0 spiro atoms. The van der Waals surface area contributed by atoms with Gasteiger partial charge in [-0.1, -0.05) is 27.3 Å². The van der Waals surface area contributed by atoms with E-state index in [1.807, 2.05) is 24.3 Å². The fourth-order valence-corrected chi connectivity index (χ4v) is 3.57. The van der Waals surface area contributed by atoms with Crippen molar-refractivity contribution in [2.24, 2.45) is 12.1 Å². The summed E-state index contributed by atoms with van der Waals surface area (Å²) in [6.07, 6.45) is 0. The second-order valence-corrected chi connectivity index (χ2v) is 7.63. The Bertz CT molecular complexity index is 1030. The number of furan rings is 1. The average Bonchev–Trinajstić information content (AvgIpc) is 3.08. The van der Waals surface area contributed by atoms with Crippen molar-refractivity contribution < 1.29 is 9.21 Å². The molecule has 0 saturated heterocycles. The number of carbonyl (C=O) groups is 1. The van der Waals surface area contributed by atoms with Crippen molar-refractivity contribution in [3.8, 4) is 0 Å². The van der Waals surface area contributed by atoms with E-state index in [-0.39, 0.29) is 0 Å². The molecule has 3 aromatic rings. The van der Waals surface area contributed by atoms with Crippen LogP contribution in [0.25, 0.3) is 11.0 Å². The summed E-state index contributed by atoms with van der Waals surface area (Å²) in [4.78, 5) is 12.5. The average molecular weight is 425 g/mol. The first-order chi connectivity index (χ1) is 11.4. The maximum atomic E-state index is 12.2. The summed E-state index contributed by atoms with van der Waals surface area (Å²) >= 11 is 9.67. The van der Waals surface area contributed by atoms with Crippen molar-refractivity contribution in [3.05, 3.63) is 43.3 Å². The Balaban J connectivity index is 1.83. The quantitative estimate of drug-likeness (QED) is 0.377. The number of aromatic nitrogens is 1. The number of carbonyl (C=O) groups excluding carboxylic acids is 1. The van der Waals surface area contributed by atoms with Gasteiger partial charge in [-0.05, 0) is 43.4 Å². The molecule has 3 rings (SSSR count). The number of fused-ring (bicyclic) bond motifs is 1. The topological polar surface area (TPSA) is 85.5 Å². The minimum Gasteiger partial charge on any atom is -0.455 e. The van der Waals surface area contributed by atoms with Crippen molar-refractivity contribution in [2.45, 2.75) is 6.92 Å². The number of thiazole rings is 1. The fourth-order valence-electron chi connectivity index (χ4n) is 2.05. The van der Waals surface area contributed by atoms with Gasteiger partial charge in [-0.15, -0.1) is 0 Å². The van der Waals surface area contributed by atoms with E-state index in [0.29, 0.717) is 26.1 Å². The first kappa shape index (κ1) is 16.9. The third-order valence-corrected chi connectivity index (χ3v) is 5.49. The smallest absolute Gasteiger partial charge is 0.285 e. The Hall–Kier alpha value is -1.97. The van der Waals surface area contributed by atoms with E-state index in [2.05, 4.69) is 26.5 Å². The molecule has 0 fully saturated rings. The molecule has 0 atom stereocenters. The van der Waals surface area contributed by atoms with Gasteiger partial charge in [0.1, 0.15) is 22.0 Å². The lowest BCUT2D eigenvalue weighted by Crippen LogP contribution is -2.19. The molecule has 124 valence electrons. The van der Waals surface area contributed by atoms with Gasteiger partial charge in [0.05, 0.1) is 0 Å². The van der Waals surface area contributed by atoms with Crippen molar-refractivity contribution in [2.75, 3.05) is 5.73 Å². The van der Waals surface area contributed by atoms with E-state index in [4.69, 9.17) is 22.4 Å². The van der Waals surface area contributed by atoms with Crippen LogP contribution >= 0.6 is 39.5 Å². The van der Waals surface area contributed by atoms with Crippen molar-refractivity contribution in [3.63, 3.8) is 0 Å². The Morgan fingerprint density at radius 1 is 1.46 bits per heavy atom. The van der Waals surface area contributed by atoms with Crippen LogP contribution in [0.4, 0.5) is 5.82 Å². The lowest BCUT2D eigenvalue weighted by Gasteiger charge is -2.00. The summed E-state index contributed by atoms with van der Waals surface area (Å²) < 4.78 is 8.80. The van der Waals surface area contributed by atoms with Gasteiger partial charge in [-0.3, -0.25) is 4.79 Å². The number of hydrogen-bond donors (Lipinski definition) is 2. The molecule has 0 bridgehead atoms. The second-order valence-electron chi connectivity index (χ2n) is 5.07. The van der Waals surface area contributed by atoms with Crippen LogP contribution < -0.4 is 11.2 Å². The van der Waals surface area contributed by atoms with E-state index < -0.39 is 5.91 Å². The van der Waals surface area contributed by atoms with Gasteiger partial charge in [0.15, 0.2) is 9.71 Å². The first-order valence-electron chi connectivity index (χ1n) is 6.86. The number of rotatable bonds is 3. The van der Waals surface area contributed by atoms with Gasteiger partial charge < -0.3 is 14.7 Å². The molecule has 0 unspecified atom stereocenters. The van der Waals surface area contributed by atoms with Gasteiger partial charge in [-0.25, -0.2) is 5.43 Å². The highest BCUT2D eigenvalue weighted by atomic mass is 79.9. The minimum atomic E-state index is -0.401. The van der Waals surface area contributed by atoms with E-state index >= 15 is 0 Å². The maximum absolute atomic E-state index is 12.2. The number of hydrogen-bond acceptors (Lipinski definition) is 6. The van der Waals surface area contributed by atoms with E-state index in [1.165, 1.54) is 0 Å². The fraction of sp³-hybridized carbons (Fsp3) is 0.133. The first-order valence-corrected chi connectivity index (χ1v) is 8.88. The molecule has 9 heteroatoms. The highest BCUT2D eigenvalue weighted by molar-refractivity contribution is 9.10. The summed E-state index contributed by atoms with van der Waals surface area (Å²) in [5.74, 6) is 0.503. The Labute approximate surface area is 155 Å². The van der Waals surface area contributed by atoms with Crippen LogP contribution in [-0.2, 0) is 7.05 Å². The number of amides is 1. The SMILES string of the molecule is C/C(=N/NC(=O)c1sc(=S)n(C)c1N)c1cc2cc(Br)ccc2o1. The van der Waals surface area contributed by atoms with Crippen LogP contribution in [0, 0.1) is 3.95 Å². The molecule has 6 nitrogen and oxygen atoms in total. The second kappa shape index (κ2) is 6.50. The number of anilines is 1. The minimum absolute atomic E-state index is 0.323. The zero-order chi connectivity index (χ0) is 17.4. The molecule has 3 N–H and O–H groups in total. The number of benzene rings is 1. The van der Waals surface area contributed by atoms with E-state index in [9.17, 15) is 4.79 Å². The highest BCUT2D eigenvalue weighted by Gasteiger charge is 2.15. The van der Waals surface area contributed by atoms with Crippen LogP contribution in [0.15, 0.2) is 38.3 Å². The predicted molar refractivity (Wildman–Crippen MR) is 102 cm³/mol. The molecule has 0 aliphatic heterocycles. The molecule has 2 aromatic heterocycles. The number of hydrazone groups is 1. The van der Waals surface area contributed by atoms with Crippen LogP contribution in [0.2, 0.25) is 0 Å². The highest BCUT2D eigenvalue weighted by Crippen LogP contribution is 2.24. The molecule has 0 radical (unpaired) electrons. The zero-order valence-electron chi connectivity index (χ0n) is 12.8. The molecule has 0 aliphatic rings. The molecular formula is C15H13BrN4O2S2. The van der Waals surface area contributed by atoms with Crippen LogP contribution in [0.1, 0.15) is 22.4 Å². The number of halogens is 1. The summed E-state index contributed by atoms with van der Waals surface area (Å²) in [7, 11) is 1.71. The van der Waals surface area contributed by atoms with Crippen LogP contribution in [0.5, 0.6) is 0 Å². The number of nitrogens with one attached hydrogen (secondary N) is 1. The lowest BCUT2D eigenvalue weighted by molar-refractivity contribution is 0.0959. The Kier molecular flexibility index (Phi) is 4.57. The molecular weight excluding hydrogens is 412 g/mol. The van der Waals surface area contributed by atoms with Gasteiger partial charge in [0, 0.05) is 16.9 Å². The van der Waals surface area contributed by atoms with Gasteiger partial charge in [-0.2, -0.15) is 5.10 Å². The normalized spacial score (nSPS) is 11.9. The summed E-state index contributed by atoms with van der Waals surface area (Å²) in [5.41, 5.74) is 9.65. The molecule has 1 aromatic carbocycles. The maximum Gasteiger partial charge on any atom is 0.285 e.